The highest BCUT2D eigenvalue weighted by atomic mass is 19.4. The van der Waals surface area contributed by atoms with Crippen LogP contribution in [0.15, 0.2) is 12.1 Å². The topological polar surface area (TPSA) is 58.8 Å². The third kappa shape index (κ3) is 3.51. The maximum absolute atomic E-state index is 12.5. The molecular formula is C9H6F5N3O. The molecule has 1 aromatic rings. The first-order valence-corrected chi connectivity index (χ1v) is 4.53. The third-order valence-electron chi connectivity index (χ3n) is 1.77. The van der Waals surface area contributed by atoms with Gasteiger partial charge in [-0.25, -0.2) is 0 Å². The minimum Gasteiger partial charge on any atom is -0.470 e. The highest BCUT2D eigenvalue weighted by Crippen LogP contribution is 2.35. The molecule has 1 rings (SSSR count). The van der Waals surface area contributed by atoms with Gasteiger partial charge < -0.3 is 4.74 Å². The highest BCUT2D eigenvalue weighted by Gasteiger charge is 2.58. The molecule has 0 amide bonds. The molecule has 0 aromatic carbocycles. The van der Waals surface area contributed by atoms with Gasteiger partial charge in [0.1, 0.15) is 0 Å². The van der Waals surface area contributed by atoms with Gasteiger partial charge in [-0.2, -0.15) is 32.3 Å². The standard InChI is InChI=1S/C9H6F5N3O/c10-8(11,9(12,13)14)5-18-7-2-1-6(3-4-15)16-17-7/h1-2H,3,5H2. The Labute approximate surface area is 98.0 Å². The molecule has 1 aromatic heterocycles. The number of halogens is 5. The summed E-state index contributed by atoms with van der Waals surface area (Å²) in [7, 11) is 0. The van der Waals surface area contributed by atoms with Gasteiger partial charge in [-0.15, -0.1) is 5.10 Å². The molecule has 0 atom stereocenters. The molecule has 0 unspecified atom stereocenters. The lowest BCUT2D eigenvalue weighted by Crippen LogP contribution is -2.41. The molecule has 18 heavy (non-hydrogen) atoms. The average molecular weight is 267 g/mol. The predicted octanol–water partition coefficient (Wildman–Crippen LogP) is 2.12. The first kappa shape index (κ1) is 14.1. The van der Waals surface area contributed by atoms with E-state index in [-0.39, 0.29) is 12.1 Å². The van der Waals surface area contributed by atoms with Crippen molar-refractivity contribution in [2.24, 2.45) is 0 Å². The number of ether oxygens (including phenoxy) is 1. The van der Waals surface area contributed by atoms with Crippen molar-refractivity contribution in [1.29, 1.82) is 5.26 Å². The molecule has 4 nitrogen and oxygen atoms in total. The zero-order valence-corrected chi connectivity index (χ0v) is 8.71. The van der Waals surface area contributed by atoms with Gasteiger partial charge in [0, 0.05) is 6.07 Å². The summed E-state index contributed by atoms with van der Waals surface area (Å²) in [6.45, 7) is -1.87. The predicted molar refractivity (Wildman–Crippen MR) is 47.8 cm³/mol. The minimum atomic E-state index is -5.68. The van der Waals surface area contributed by atoms with Crippen LogP contribution < -0.4 is 4.74 Å². The van der Waals surface area contributed by atoms with Crippen molar-refractivity contribution in [2.75, 3.05) is 6.61 Å². The number of rotatable bonds is 4. The summed E-state index contributed by atoms with van der Waals surface area (Å²) in [5.74, 6) is -5.43. The van der Waals surface area contributed by atoms with Crippen molar-refractivity contribution in [1.82, 2.24) is 10.2 Å². The van der Waals surface area contributed by atoms with E-state index in [1.54, 1.807) is 6.07 Å². The lowest BCUT2D eigenvalue weighted by molar-refractivity contribution is -0.290. The summed E-state index contributed by atoms with van der Waals surface area (Å²) in [6, 6.07) is 4.08. The first-order chi connectivity index (χ1) is 8.26. The number of nitriles is 1. The summed E-state index contributed by atoms with van der Waals surface area (Å²) < 4.78 is 64.5. The van der Waals surface area contributed by atoms with Crippen molar-refractivity contribution in [3.05, 3.63) is 17.8 Å². The van der Waals surface area contributed by atoms with Crippen LogP contribution in [0.3, 0.4) is 0 Å². The number of hydrogen-bond donors (Lipinski definition) is 0. The normalized spacial score (nSPS) is 12.0. The van der Waals surface area contributed by atoms with Crippen LogP contribution in [-0.2, 0) is 6.42 Å². The summed E-state index contributed by atoms with van der Waals surface area (Å²) in [5.41, 5.74) is 0.257. The number of hydrogen-bond acceptors (Lipinski definition) is 4. The second-order valence-corrected chi connectivity index (χ2v) is 3.19. The fourth-order valence-electron chi connectivity index (χ4n) is 0.846. The largest absolute Gasteiger partial charge is 0.470 e. The molecule has 0 fully saturated rings. The van der Waals surface area contributed by atoms with Gasteiger partial charge in [0.25, 0.3) is 0 Å². The van der Waals surface area contributed by atoms with Gasteiger partial charge in [-0.3, -0.25) is 0 Å². The molecule has 0 spiro atoms. The Balaban J connectivity index is 2.62. The minimum absolute atomic E-state index is 0.0496. The summed E-state index contributed by atoms with van der Waals surface area (Å²) in [5, 5.41) is 15.0. The molecule has 0 saturated heterocycles. The van der Waals surface area contributed by atoms with Crippen LogP contribution in [-0.4, -0.2) is 28.9 Å². The van der Waals surface area contributed by atoms with E-state index in [0.717, 1.165) is 6.07 Å². The van der Waals surface area contributed by atoms with Crippen LogP contribution in [0.5, 0.6) is 5.88 Å². The average Bonchev–Trinajstić information content (AvgIpc) is 2.27. The van der Waals surface area contributed by atoms with Gasteiger partial charge in [-0.05, 0) is 6.07 Å². The fourth-order valence-corrected chi connectivity index (χ4v) is 0.846. The van der Waals surface area contributed by atoms with Crippen LogP contribution in [0.4, 0.5) is 22.0 Å². The SMILES string of the molecule is N#CCc1ccc(OCC(F)(F)C(F)(F)F)nn1. The van der Waals surface area contributed by atoms with E-state index in [1.807, 2.05) is 0 Å². The smallest absolute Gasteiger partial charge is 0.456 e. The van der Waals surface area contributed by atoms with Crippen LogP contribution >= 0.6 is 0 Å². The maximum atomic E-state index is 12.5. The zero-order valence-electron chi connectivity index (χ0n) is 8.71. The second kappa shape index (κ2) is 5.12. The molecule has 0 aliphatic rings. The third-order valence-corrected chi connectivity index (χ3v) is 1.77. The maximum Gasteiger partial charge on any atom is 0.456 e. The summed E-state index contributed by atoms with van der Waals surface area (Å²) >= 11 is 0. The molecule has 98 valence electrons. The van der Waals surface area contributed by atoms with Crippen LogP contribution in [0.2, 0.25) is 0 Å². The van der Waals surface area contributed by atoms with Crippen LogP contribution in [0.1, 0.15) is 5.69 Å². The van der Waals surface area contributed by atoms with E-state index in [4.69, 9.17) is 5.26 Å². The highest BCUT2D eigenvalue weighted by molar-refractivity contribution is 5.13. The van der Waals surface area contributed by atoms with E-state index in [9.17, 15) is 22.0 Å². The number of alkyl halides is 5. The lowest BCUT2D eigenvalue weighted by atomic mass is 10.3. The monoisotopic (exact) mass is 267 g/mol. The molecule has 0 saturated carbocycles. The molecule has 0 aliphatic heterocycles. The van der Waals surface area contributed by atoms with Gasteiger partial charge in [0.2, 0.25) is 5.88 Å². The number of aromatic nitrogens is 2. The molecular weight excluding hydrogens is 261 g/mol. The van der Waals surface area contributed by atoms with Crippen LogP contribution in [0.25, 0.3) is 0 Å². The van der Waals surface area contributed by atoms with Gasteiger partial charge in [0.15, 0.2) is 6.61 Å². The first-order valence-electron chi connectivity index (χ1n) is 4.53. The van der Waals surface area contributed by atoms with Gasteiger partial charge in [-0.1, -0.05) is 0 Å². The molecule has 0 aliphatic carbocycles. The molecule has 0 bridgehead atoms. The quantitative estimate of drug-likeness (QED) is 0.784. The molecule has 0 N–H and O–H groups in total. The van der Waals surface area contributed by atoms with Crippen molar-refractivity contribution in [3.8, 4) is 11.9 Å². The zero-order chi connectivity index (χ0) is 13.8. The van der Waals surface area contributed by atoms with E-state index < -0.39 is 24.6 Å². The Morgan fingerprint density at radius 3 is 2.28 bits per heavy atom. The van der Waals surface area contributed by atoms with E-state index >= 15 is 0 Å². The molecule has 1 heterocycles. The Kier molecular flexibility index (Phi) is 4.00. The van der Waals surface area contributed by atoms with Crippen LogP contribution in [0, 0.1) is 11.3 Å². The number of nitrogens with zero attached hydrogens (tertiary/aromatic N) is 3. The Morgan fingerprint density at radius 1 is 1.17 bits per heavy atom. The van der Waals surface area contributed by atoms with E-state index in [2.05, 4.69) is 14.9 Å². The summed E-state index contributed by atoms with van der Waals surface area (Å²) in [4.78, 5) is 0. The van der Waals surface area contributed by atoms with Gasteiger partial charge in [0.05, 0.1) is 18.2 Å². The molecule has 9 heteroatoms. The Hall–Kier alpha value is -1.98. The second-order valence-electron chi connectivity index (χ2n) is 3.19. The molecule has 0 radical (unpaired) electrons. The lowest BCUT2D eigenvalue weighted by Gasteiger charge is -2.19. The van der Waals surface area contributed by atoms with E-state index in [1.165, 1.54) is 6.07 Å². The van der Waals surface area contributed by atoms with Crippen molar-refractivity contribution < 1.29 is 26.7 Å². The van der Waals surface area contributed by atoms with Crippen molar-refractivity contribution in [2.45, 2.75) is 18.5 Å². The van der Waals surface area contributed by atoms with Crippen molar-refractivity contribution in [3.63, 3.8) is 0 Å². The van der Waals surface area contributed by atoms with E-state index in [0.29, 0.717) is 0 Å². The van der Waals surface area contributed by atoms with Gasteiger partial charge >= 0.3 is 12.1 Å². The Morgan fingerprint density at radius 2 is 1.83 bits per heavy atom. The Bertz CT molecular complexity index is 437. The van der Waals surface area contributed by atoms with Crippen molar-refractivity contribution >= 4 is 0 Å². The summed E-state index contributed by atoms with van der Waals surface area (Å²) in [6.07, 6.45) is -5.73. The fraction of sp³-hybridized carbons (Fsp3) is 0.444.